The van der Waals surface area contributed by atoms with Gasteiger partial charge in [-0.2, -0.15) is 4.31 Å². The average Bonchev–Trinajstić information content (AvgIpc) is 3.01. The number of fused-ring (bicyclic) bond motifs is 1. The zero-order valence-electron chi connectivity index (χ0n) is 18.3. The molecule has 1 aliphatic rings. The first kappa shape index (κ1) is 24.1. The van der Waals surface area contributed by atoms with Crippen molar-refractivity contribution in [2.24, 2.45) is 0 Å². The highest BCUT2D eigenvalue weighted by Gasteiger charge is 2.32. The van der Waals surface area contributed by atoms with E-state index in [0.717, 1.165) is 4.90 Å². The topological polar surface area (TPSA) is 130 Å². The number of carbonyl (C=O) groups is 4. The summed E-state index contributed by atoms with van der Waals surface area (Å²) < 4.78 is 31.6. The van der Waals surface area contributed by atoms with Crippen LogP contribution in [0.25, 0.3) is 0 Å². The van der Waals surface area contributed by atoms with Gasteiger partial charge >= 0.3 is 5.97 Å². The molecule has 0 unspecified atom stereocenters. The second kappa shape index (κ2) is 9.51. The molecule has 0 saturated carbocycles. The third kappa shape index (κ3) is 4.78. The minimum Gasteiger partial charge on any atom is -0.452 e. The Bertz CT molecular complexity index is 1240. The molecule has 0 aliphatic carbocycles. The average molecular weight is 474 g/mol. The van der Waals surface area contributed by atoms with E-state index < -0.39 is 40.3 Å². The molecule has 0 fully saturated rings. The molecule has 1 N–H and O–H groups in total. The number of hydrogen-bond acceptors (Lipinski definition) is 7. The number of rotatable bonds is 8. The summed E-state index contributed by atoms with van der Waals surface area (Å²) in [6, 6.07) is 9.67. The summed E-state index contributed by atoms with van der Waals surface area (Å²) in [7, 11) is -2.39. The van der Waals surface area contributed by atoms with Crippen LogP contribution in [0.2, 0.25) is 0 Å². The number of amides is 3. The number of imide groups is 1. The van der Waals surface area contributed by atoms with Crippen molar-refractivity contribution in [3.63, 3.8) is 0 Å². The van der Waals surface area contributed by atoms with E-state index in [1.807, 2.05) is 0 Å². The second-order valence-electron chi connectivity index (χ2n) is 7.17. The van der Waals surface area contributed by atoms with E-state index in [4.69, 9.17) is 4.74 Å². The van der Waals surface area contributed by atoms with E-state index in [9.17, 15) is 27.6 Å². The Labute approximate surface area is 191 Å². The fourth-order valence-electron chi connectivity index (χ4n) is 3.35. The summed E-state index contributed by atoms with van der Waals surface area (Å²) in [6.07, 6.45) is 0. The molecule has 3 amide bonds. The molecule has 11 heteroatoms. The normalized spacial score (nSPS) is 13.3. The maximum Gasteiger partial charge on any atom is 0.338 e. The third-order valence-electron chi connectivity index (χ3n) is 5.12. The van der Waals surface area contributed by atoms with Crippen LogP contribution in [-0.2, 0) is 19.6 Å². The summed E-state index contributed by atoms with van der Waals surface area (Å²) in [5.41, 5.74) is 0.661. The second-order valence-corrected chi connectivity index (χ2v) is 9.11. The van der Waals surface area contributed by atoms with Gasteiger partial charge in [0.15, 0.2) is 6.61 Å². The number of anilines is 1. The van der Waals surface area contributed by atoms with Crippen LogP contribution < -0.4 is 5.32 Å². The molecule has 0 spiro atoms. The van der Waals surface area contributed by atoms with Gasteiger partial charge in [-0.15, -0.1) is 0 Å². The zero-order valence-corrected chi connectivity index (χ0v) is 19.1. The van der Waals surface area contributed by atoms with Gasteiger partial charge in [0.25, 0.3) is 17.7 Å². The monoisotopic (exact) mass is 473 g/mol. The van der Waals surface area contributed by atoms with Crippen molar-refractivity contribution < 1.29 is 32.3 Å². The number of esters is 1. The first-order valence-electron chi connectivity index (χ1n) is 10.1. The van der Waals surface area contributed by atoms with Crippen LogP contribution in [0, 0.1) is 0 Å². The van der Waals surface area contributed by atoms with Gasteiger partial charge in [-0.1, -0.05) is 19.9 Å². The predicted octanol–water partition coefficient (Wildman–Crippen LogP) is 1.74. The lowest BCUT2D eigenvalue weighted by atomic mass is 10.1. The van der Waals surface area contributed by atoms with Crippen molar-refractivity contribution in [2.45, 2.75) is 18.7 Å². The van der Waals surface area contributed by atoms with Gasteiger partial charge in [0, 0.05) is 25.8 Å². The van der Waals surface area contributed by atoms with Crippen LogP contribution in [0.3, 0.4) is 0 Å². The molecular weight excluding hydrogens is 450 g/mol. The Morgan fingerprint density at radius 2 is 1.67 bits per heavy atom. The molecule has 1 aliphatic heterocycles. The third-order valence-corrected chi connectivity index (χ3v) is 7.17. The van der Waals surface area contributed by atoms with Crippen LogP contribution in [0.4, 0.5) is 5.69 Å². The fourth-order valence-corrected chi connectivity index (χ4v) is 4.85. The lowest BCUT2D eigenvalue weighted by Gasteiger charge is -2.18. The summed E-state index contributed by atoms with van der Waals surface area (Å²) in [4.78, 5) is 49.5. The summed E-state index contributed by atoms with van der Waals surface area (Å²) in [5, 5.41) is 2.49. The van der Waals surface area contributed by atoms with Crippen molar-refractivity contribution >= 4 is 39.4 Å². The van der Waals surface area contributed by atoms with Crippen LogP contribution in [0.15, 0.2) is 47.4 Å². The van der Waals surface area contributed by atoms with Crippen molar-refractivity contribution in [1.82, 2.24) is 9.21 Å². The molecule has 0 atom stereocenters. The Morgan fingerprint density at radius 1 is 1.00 bits per heavy atom. The number of carbonyl (C=O) groups excluding carboxylic acids is 4. The molecule has 2 aromatic rings. The van der Waals surface area contributed by atoms with Crippen LogP contribution >= 0.6 is 0 Å². The molecular formula is C22H23N3O7S. The van der Waals surface area contributed by atoms with Crippen molar-refractivity contribution in [1.29, 1.82) is 0 Å². The van der Waals surface area contributed by atoms with Crippen LogP contribution in [0.1, 0.15) is 44.9 Å². The maximum atomic E-state index is 12.6. The first-order valence-corrected chi connectivity index (χ1v) is 11.6. The molecule has 33 heavy (non-hydrogen) atoms. The highest BCUT2D eigenvalue weighted by Crippen LogP contribution is 2.24. The number of sulfonamides is 1. The Balaban J connectivity index is 1.65. The number of nitrogens with zero attached hydrogens (tertiary/aromatic N) is 2. The zero-order chi connectivity index (χ0) is 24.3. The highest BCUT2D eigenvalue weighted by molar-refractivity contribution is 7.89. The Morgan fingerprint density at radius 3 is 2.33 bits per heavy atom. The van der Waals surface area contributed by atoms with Crippen molar-refractivity contribution in [3.05, 3.63) is 59.2 Å². The Hall–Kier alpha value is -3.57. The SMILES string of the molecule is CCN(CC)S(=O)(=O)c1cccc(C(=O)OCC(=O)Nc2ccc3c(c2)C(=O)N(C)C3=O)c1. The van der Waals surface area contributed by atoms with E-state index in [2.05, 4.69) is 5.32 Å². The van der Waals surface area contributed by atoms with E-state index in [1.165, 1.54) is 53.8 Å². The molecule has 0 bridgehead atoms. The molecule has 3 rings (SSSR count). The van der Waals surface area contributed by atoms with E-state index in [0.29, 0.717) is 0 Å². The van der Waals surface area contributed by atoms with E-state index in [-0.39, 0.29) is 40.4 Å². The van der Waals surface area contributed by atoms with E-state index >= 15 is 0 Å². The van der Waals surface area contributed by atoms with Gasteiger partial charge in [-0.05, 0) is 36.4 Å². The lowest BCUT2D eigenvalue weighted by Crippen LogP contribution is -2.30. The molecule has 0 aromatic heterocycles. The molecule has 1 heterocycles. The summed E-state index contributed by atoms with van der Waals surface area (Å²) in [6.45, 7) is 3.37. The minimum atomic E-state index is -3.76. The summed E-state index contributed by atoms with van der Waals surface area (Å²) >= 11 is 0. The largest absolute Gasteiger partial charge is 0.452 e. The Kier molecular flexibility index (Phi) is 6.94. The minimum absolute atomic E-state index is 0.0132. The number of ether oxygens (including phenoxy) is 1. The fraction of sp³-hybridized carbons (Fsp3) is 0.273. The quantitative estimate of drug-likeness (QED) is 0.456. The van der Waals surface area contributed by atoms with E-state index in [1.54, 1.807) is 13.8 Å². The van der Waals surface area contributed by atoms with Gasteiger partial charge in [0.2, 0.25) is 10.0 Å². The molecule has 10 nitrogen and oxygen atoms in total. The van der Waals surface area contributed by atoms with Gasteiger partial charge in [-0.3, -0.25) is 19.3 Å². The van der Waals surface area contributed by atoms with Crippen LogP contribution in [0.5, 0.6) is 0 Å². The maximum absolute atomic E-state index is 12.6. The van der Waals surface area contributed by atoms with Gasteiger partial charge in [0.05, 0.1) is 21.6 Å². The number of hydrogen-bond donors (Lipinski definition) is 1. The van der Waals surface area contributed by atoms with Crippen molar-refractivity contribution in [2.75, 3.05) is 32.1 Å². The standard InChI is InChI=1S/C22H23N3O7S/c1-4-25(5-2)33(30,31)16-8-6-7-14(11-16)22(29)32-13-19(26)23-15-9-10-17-18(12-15)21(28)24(3)20(17)27/h6-12H,4-5,13H2,1-3H3,(H,23,26). The predicted molar refractivity (Wildman–Crippen MR) is 118 cm³/mol. The molecule has 2 aromatic carbocycles. The molecule has 0 radical (unpaired) electrons. The molecule has 174 valence electrons. The van der Waals surface area contributed by atoms with Crippen molar-refractivity contribution in [3.8, 4) is 0 Å². The lowest BCUT2D eigenvalue weighted by molar-refractivity contribution is -0.119. The van der Waals surface area contributed by atoms with Crippen LogP contribution in [-0.4, -0.2) is 68.1 Å². The van der Waals surface area contributed by atoms with Gasteiger partial charge in [0.1, 0.15) is 0 Å². The number of nitrogens with one attached hydrogen (secondary N) is 1. The molecule has 0 saturated heterocycles. The smallest absolute Gasteiger partial charge is 0.338 e. The first-order chi connectivity index (χ1) is 15.6. The number of benzene rings is 2. The summed E-state index contributed by atoms with van der Waals surface area (Å²) in [5.74, 6) is -2.43. The highest BCUT2D eigenvalue weighted by atomic mass is 32.2. The van der Waals surface area contributed by atoms with Gasteiger partial charge in [-0.25, -0.2) is 13.2 Å². The van der Waals surface area contributed by atoms with Gasteiger partial charge < -0.3 is 10.1 Å².